The van der Waals surface area contributed by atoms with Gasteiger partial charge in [0.1, 0.15) is 5.69 Å². The number of aryl methyl sites for hydroxylation is 3. The summed E-state index contributed by atoms with van der Waals surface area (Å²) in [5.74, 6) is 0.220. The number of nitrogens with one attached hydrogen (secondary N) is 2. The minimum absolute atomic E-state index is 0.220. The molecule has 1 aromatic carbocycles. The standard InChI is InChI=1S/C13H15N5O/c1-8-4-5-9(2)11(6-8)7-14-17-13-15-12(19)10(3)16-18-13/h4-7H,1-3H3,(H2,15,17,18,19)/b14-7+. The number of anilines is 1. The molecule has 0 aliphatic rings. The zero-order valence-corrected chi connectivity index (χ0v) is 11.1. The van der Waals surface area contributed by atoms with Gasteiger partial charge in [0, 0.05) is 0 Å². The molecule has 0 radical (unpaired) electrons. The van der Waals surface area contributed by atoms with Gasteiger partial charge in [-0.25, -0.2) is 5.43 Å². The highest BCUT2D eigenvalue weighted by atomic mass is 16.1. The Morgan fingerprint density at radius 1 is 1.26 bits per heavy atom. The van der Waals surface area contributed by atoms with Gasteiger partial charge < -0.3 is 0 Å². The molecule has 6 nitrogen and oxygen atoms in total. The predicted molar refractivity (Wildman–Crippen MR) is 74.5 cm³/mol. The average Bonchev–Trinajstić information content (AvgIpc) is 2.38. The van der Waals surface area contributed by atoms with E-state index in [1.807, 2.05) is 32.0 Å². The van der Waals surface area contributed by atoms with E-state index in [0.29, 0.717) is 5.69 Å². The fraction of sp³-hybridized carbons (Fsp3) is 0.231. The zero-order chi connectivity index (χ0) is 13.8. The second kappa shape index (κ2) is 5.43. The molecule has 0 aliphatic heterocycles. The van der Waals surface area contributed by atoms with Crippen LogP contribution in [0.4, 0.5) is 5.95 Å². The molecule has 2 N–H and O–H groups in total. The number of aromatic amines is 1. The Hall–Kier alpha value is -2.50. The van der Waals surface area contributed by atoms with Crippen LogP contribution >= 0.6 is 0 Å². The molecule has 0 bridgehead atoms. The molecule has 0 unspecified atom stereocenters. The van der Waals surface area contributed by atoms with Crippen molar-refractivity contribution in [3.05, 3.63) is 50.9 Å². The molecule has 1 aromatic heterocycles. The molecule has 0 saturated carbocycles. The van der Waals surface area contributed by atoms with Gasteiger partial charge in [0.2, 0.25) is 5.95 Å². The summed E-state index contributed by atoms with van der Waals surface area (Å²) < 4.78 is 0. The maximum absolute atomic E-state index is 11.3. The third-order valence-corrected chi connectivity index (χ3v) is 2.67. The summed E-state index contributed by atoms with van der Waals surface area (Å²) in [7, 11) is 0. The maximum Gasteiger partial charge on any atom is 0.274 e. The van der Waals surface area contributed by atoms with Gasteiger partial charge in [0.15, 0.2) is 0 Å². The van der Waals surface area contributed by atoms with Gasteiger partial charge >= 0.3 is 0 Å². The van der Waals surface area contributed by atoms with Gasteiger partial charge in [-0.15, -0.1) is 10.2 Å². The van der Waals surface area contributed by atoms with Crippen molar-refractivity contribution in [2.45, 2.75) is 20.8 Å². The van der Waals surface area contributed by atoms with Crippen LogP contribution in [-0.2, 0) is 0 Å². The summed E-state index contributed by atoms with van der Waals surface area (Å²) in [6.45, 7) is 5.62. The van der Waals surface area contributed by atoms with Crippen LogP contribution in [0.5, 0.6) is 0 Å². The molecule has 0 fully saturated rings. The van der Waals surface area contributed by atoms with Crippen LogP contribution in [0.1, 0.15) is 22.4 Å². The lowest BCUT2D eigenvalue weighted by Crippen LogP contribution is -2.15. The van der Waals surface area contributed by atoms with Gasteiger partial charge in [-0.05, 0) is 31.9 Å². The first-order valence-corrected chi connectivity index (χ1v) is 5.86. The van der Waals surface area contributed by atoms with Crippen LogP contribution in [0.15, 0.2) is 28.1 Å². The van der Waals surface area contributed by atoms with Crippen molar-refractivity contribution in [2.24, 2.45) is 5.10 Å². The first-order valence-electron chi connectivity index (χ1n) is 5.86. The molecular weight excluding hydrogens is 242 g/mol. The second-order valence-corrected chi connectivity index (χ2v) is 4.32. The molecule has 6 heteroatoms. The topological polar surface area (TPSA) is 83.0 Å². The van der Waals surface area contributed by atoms with E-state index in [0.717, 1.165) is 16.7 Å². The van der Waals surface area contributed by atoms with E-state index in [-0.39, 0.29) is 11.5 Å². The van der Waals surface area contributed by atoms with Crippen molar-refractivity contribution in [1.82, 2.24) is 15.2 Å². The van der Waals surface area contributed by atoms with Crippen molar-refractivity contribution in [1.29, 1.82) is 0 Å². The van der Waals surface area contributed by atoms with Crippen molar-refractivity contribution < 1.29 is 0 Å². The Labute approximate surface area is 110 Å². The number of hydrogen-bond acceptors (Lipinski definition) is 5. The number of nitrogens with zero attached hydrogens (tertiary/aromatic N) is 3. The predicted octanol–water partition coefficient (Wildman–Crippen LogP) is 1.54. The van der Waals surface area contributed by atoms with Crippen LogP contribution in [0.25, 0.3) is 0 Å². The Kier molecular flexibility index (Phi) is 3.70. The van der Waals surface area contributed by atoms with Gasteiger partial charge in [-0.1, -0.05) is 23.8 Å². The van der Waals surface area contributed by atoms with E-state index in [2.05, 4.69) is 25.7 Å². The third kappa shape index (κ3) is 3.25. The summed E-state index contributed by atoms with van der Waals surface area (Å²) in [5.41, 5.74) is 5.99. The van der Waals surface area contributed by atoms with Crippen LogP contribution in [0.3, 0.4) is 0 Å². The molecule has 1 heterocycles. The van der Waals surface area contributed by atoms with Gasteiger partial charge in [0.25, 0.3) is 5.56 Å². The number of H-pyrrole nitrogens is 1. The van der Waals surface area contributed by atoms with Gasteiger partial charge in [-0.3, -0.25) is 9.78 Å². The Bertz CT molecular complexity index is 675. The summed E-state index contributed by atoms with van der Waals surface area (Å²) in [6.07, 6.45) is 1.68. The number of hydrogen-bond donors (Lipinski definition) is 2. The monoisotopic (exact) mass is 257 g/mol. The summed E-state index contributed by atoms with van der Waals surface area (Å²) in [6, 6.07) is 6.11. The van der Waals surface area contributed by atoms with E-state index in [4.69, 9.17) is 0 Å². The van der Waals surface area contributed by atoms with E-state index < -0.39 is 0 Å². The first-order chi connectivity index (χ1) is 9.06. The maximum atomic E-state index is 11.3. The van der Waals surface area contributed by atoms with Crippen molar-refractivity contribution in [2.75, 3.05) is 5.43 Å². The Morgan fingerprint density at radius 2 is 2.05 bits per heavy atom. The third-order valence-electron chi connectivity index (χ3n) is 2.67. The van der Waals surface area contributed by atoms with Gasteiger partial charge in [-0.2, -0.15) is 5.10 Å². The number of rotatable bonds is 3. The lowest BCUT2D eigenvalue weighted by molar-refractivity contribution is 0.897. The van der Waals surface area contributed by atoms with Crippen LogP contribution in [0, 0.1) is 20.8 Å². The lowest BCUT2D eigenvalue weighted by atomic mass is 10.1. The minimum Gasteiger partial charge on any atom is -0.288 e. The van der Waals surface area contributed by atoms with E-state index in [1.54, 1.807) is 13.1 Å². The van der Waals surface area contributed by atoms with E-state index >= 15 is 0 Å². The fourth-order valence-electron chi connectivity index (χ4n) is 1.51. The molecule has 0 atom stereocenters. The highest BCUT2D eigenvalue weighted by molar-refractivity contribution is 5.82. The number of benzene rings is 1. The number of hydrazone groups is 1. The summed E-state index contributed by atoms with van der Waals surface area (Å²) in [4.78, 5) is 13.9. The average molecular weight is 257 g/mol. The van der Waals surface area contributed by atoms with Gasteiger partial charge in [0.05, 0.1) is 6.21 Å². The van der Waals surface area contributed by atoms with Crippen LogP contribution in [0.2, 0.25) is 0 Å². The van der Waals surface area contributed by atoms with Crippen molar-refractivity contribution in [3.8, 4) is 0 Å². The molecule has 0 amide bonds. The molecule has 98 valence electrons. The fourth-order valence-corrected chi connectivity index (χ4v) is 1.51. The lowest BCUT2D eigenvalue weighted by Gasteiger charge is -2.02. The first kappa shape index (κ1) is 12.9. The molecule has 19 heavy (non-hydrogen) atoms. The Balaban J connectivity index is 2.13. The highest BCUT2D eigenvalue weighted by Crippen LogP contribution is 2.08. The molecule has 2 rings (SSSR count). The Morgan fingerprint density at radius 3 is 2.79 bits per heavy atom. The molecule has 2 aromatic rings. The number of aromatic nitrogens is 3. The molecule has 0 aliphatic carbocycles. The van der Waals surface area contributed by atoms with E-state index in [1.165, 1.54) is 0 Å². The minimum atomic E-state index is -0.278. The zero-order valence-electron chi connectivity index (χ0n) is 11.1. The highest BCUT2D eigenvalue weighted by Gasteiger charge is 1.98. The summed E-state index contributed by atoms with van der Waals surface area (Å²) in [5, 5.41) is 11.5. The largest absolute Gasteiger partial charge is 0.288 e. The molecule has 0 saturated heterocycles. The van der Waals surface area contributed by atoms with E-state index in [9.17, 15) is 4.79 Å². The smallest absolute Gasteiger partial charge is 0.274 e. The SMILES string of the molecule is Cc1ccc(C)c(/C=N/Nc2nnc(C)c(=O)[nH]2)c1. The van der Waals surface area contributed by atoms with Crippen molar-refractivity contribution >= 4 is 12.2 Å². The summed E-state index contributed by atoms with van der Waals surface area (Å²) >= 11 is 0. The normalized spacial score (nSPS) is 10.9. The van der Waals surface area contributed by atoms with Crippen molar-refractivity contribution in [3.63, 3.8) is 0 Å². The van der Waals surface area contributed by atoms with Crippen LogP contribution in [-0.4, -0.2) is 21.4 Å². The molecule has 0 spiro atoms. The quantitative estimate of drug-likeness (QED) is 0.645. The molecular formula is C13H15N5O. The van der Waals surface area contributed by atoms with Crippen LogP contribution < -0.4 is 11.0 Å². The second-order valence-electron chi connectivity index (χ2n) is 4.32.